The zero-order valence-electron chi connectivity index (χ0n) is 16.1. The fourth-order valence-corrected chi connectivity index (χ4v) is 4.26. The van der Waals surface area contributed by atoms with E-state index in [4.69, 9.17) is 17.0 Å². The van der Waals surface area contributed by atoms with Crippen LogP contribution in [0.1, 0.15) is 41.4 Å². The topological polar surface area (TPSA) is 51.5 Å². The predicted molar refractivity (Wildman–Crippen MR) is 117 cm³/mol. The second-order valence-electron chi connectivity index (χ2n) is 6.68. The maximum absolute atomic E-state index is 13.2. The lowest BCUT2D eigenvalue weighted by atomic mass is 10.1. The number of amides is 1. The average molecular weight is 417 g/mol. The van der Waals surface area contributed by atoms with Crippen molar-refractivity contribution in [2.45, 2.75) is 33.2 Å². The monoisotopic (exact) mass is 416 g/mol. The fourth-order valence-electron chi connectivity index (χ4n) is 3.05. The minimum absolute atomic E-state index is 0.125. The second-order valence-corrected chi connectivity index (χ2v) is 8.41. The average Bonchev–Trinajstić information content (AvgIpc) is 3.13. The standard InChI is InChI=1S/C21H24N2O3S2/c1-3-4-11-26-18-17(19(24)22-10-12-28-21(22)27)13-15(2)23(20(18)25)14-16-8-6-5-7-9-16/h5-9,13H,3-4,10-12,14H2,1-2H3. The van der Waals surface area contributed by atoms with E-state index in [0.717, 1.165) is 29.9 Å². The van der Waals surface area contributed by atoms with E-state index >= 15 is 0 Å². The van der Waals surface area contributed by atoms with Gasteiger partial charge in [-0.05, 0) is 25.0 Å². The molecular formula is C21H24N2O3S2. The Labute approximate surface area is 174 Å². The Morgan fingerprint density at radius 3 is 2.68 bits per heavy atom. The SMILES string of the molecule is CCCCOc1c(C(=O)N2CCSC2=S)cc(C)n(Cc2ccccc2)c1=O. The number of pyridine rings is 1. The van der Waals surface area contributed by atoms with Crippen molar-refractivity contribution in [2.75, 3.05) is 18.9 Å². The lowest BCUT2D eigenvalue weighted by molar-refractivity contribution is 0.0856. The summed E-state index contributed by atoms with van der Waals surface area (Å²) < 4.78 is 8.04. The Kier molecular flexibility index (Phi) is 6.91. The van der Waals surface area contributed by atoms with Crippen molar-refractivity contribution < 1.29 is 9.53 Å². The number of carbonyl (C=O) groups excluding carboxylic acids is 1. The Balaban J connectivity index is 2.02. The summed E-state index contributed by atoms with van der Waals surface area (Å²) in [4.78, 5) is 27.9. The summed E-state index contributed by atoms with van der Waals surface area (Å²) in [5.41, 5.74) is 1.76. The number of unbranched alkanes of at least 4 members (excludes halogenated alkanes) is 1. The van der Waals surface area contributed by atoms with E-state index in [-0.39, 0.29) is 17.2 Å². The Morgan fingerprint density at radius 2 is 2.04 bits per heavy atom. The van der Waals surface area contributed by atoms with Crippen LogP contribution in [0.25, 0.3) is 0 Å². The van der Waals surface area contributed by atoms with E-state index in [9.17, 15) is 9.59 Å². The first-order chi connectivity index (χ1) is 13.5. The van der Waals surface area contributed by atoms with E-state index in [1.807, 2.05) is 37.3 Å². The zero-order chi connectivity index (χ0) is 20.1. The van der Waals surface area contributed by atoms with E-state index < -0.39 is 0 Å². The first kappa shape index (κ1) is 20.6. The first-order valence-electron chi connectivity index (χ1n) is 9.42. The van der Waals surface area contributed by atoms with Crippen LogP contribution in [-0.4, -0.2) is 38.6 Å². The van der Waals surface area contributed by atoms with Gasteiger partial charge in [0.1, 0.15) is 4.32 Å². The molecular weight excluding hydrogens is 392 g/mol. The van der Waals surface area contributed by atoms with Crippen molar-refractivity contribution in [3.63, 3.8) is 0 Å². The van der Waals surface area contributed by atoms with Gasteiger partial charge in [-0.15, -0.1) is 0 Å². The summed E-state index contributed by atoms with van der Waals surface area (Å²) in [6, 6.07) is 11.5. The number of thioether (sulfide) groups is 1. The third-order valence-corrected chi connectivity index (χ3v) is 6.06. The van der Waals surface area contributed by atoms with Gasteiger partial charge >= 0.3 is 0 Å². The molecule has 1 amide bonds. The van der Waals surface area contributed by atoms with Crippen LogP contribution < -0.4 is 10.3 Å². The zero-order valence-corrected chi connectivity index (χ0v) is 17.8. The maximum atomic E-state index is 13.2. The van der Waals surface area contributed by atoms with E-state index in [1.54, 1.807) is 15.5 Å². The summed E-state index contributed by atoms with van der Waals surface area (Å²) in [5.74, 6) is 0.647. The van der Waals surface area contributed by atoms with Crippen molar-refractivity contribution in [3.8, 4) is 5.75 Å². The first-order valence-corrected chi connectivity index (χ1v) is 10.8. The molecule has 1 fully saturated rings. The number of ether oxygens (including phenoxy) is 1. The van der Waals surface area contributed by atoms with E-state index in [0.29, 0.717) is 29.6 Å². The molecule has 0 saturated carbocycles. The molecule has 0 unspecified atom stereocenters. The molecule has 1 aliphatic heterocycles. The third kappa shape index (κ3) is 4.47. The molecule has 2 aromatic rings. The highest BCUT2D eigenvalue weighted by molar-refractivity contribution is 8.23. The van der Waals surface area contributed by atoms with Crippen LogP contribution in [0, 0.1) is 6.92 Å². The van der Waals surface area contributed by atoms with Crippen LogP contribution in [0.5, 0.6) is 5.75 Å². The molecule has 0 N–H and O–H groups in total. The minimum Gasteiger partial charge on any atom is -0.487 e. The summed E-state index contributed by atoms with van der Waals surface area (Å²) >= 11 is 6.77. The number of carbonyl (C=O) groups is 1. The van der Waals surface area contributed by atoms with Gasteiger partial charge < -0.3 is 9.30 Å². The molecule has 0 bridgehead atoms. The van der Waals surface area contributed by atoms with Gasteiger partial charge in [0.05, 0.1) is 18.7 Å². The van der Waals surface area contributed by atoms with Crippen molar-refractivity contribution in [2.24, 2.45) is 0 Å². The molecule has 148 valence electrons. The Morgan fingerprint density at radius 1 is 1.29 bits per heavy atom. The van der Waals surface area contributed by atoms with Crippen LogP contribution in [0.3, 0.4) is 0 Å². The summed E-state index contributed by atoms with van der Waals surface area (Å²) in [6.07, 6.45) is 1.76. The molecule has 1 aromatic heterocycles. The molecule has 7 heteroatoms. The van der Waals surface area contributed by atoms with Crippen molar-refractivity contribution in [1.82, 2.24) is 9.47 Å². The third-order valence-electron chi connectivity index (χ3n) is 4.63. The highest BCUT2D eigenvalue weighted by Gasteiger charge is 2.29. The van der Waals surface area contributed by atoms with Gasteiger partial charge in [0.2, 0.25) is 0 Å². The Hall–Kier alpha value is -2.12. The molecule has 1 aliphatic rings. The predicted octanol–water partition coefficient (Wildman–Crippen LogP) is 3.86. The summed E-state index contributed by atoms with van der Waals surface area (Å²) in [7, 11) is 0. The lowest BCUT2D eigenvalue weighted by Crippen LogP contribution is -2.34. The van der Waals surface area contributed by atoms with Gasteiger partial charge in [0.15, 0.2) is 5.75 Å². The number of benzene rings is 1. The number of hydrogen-bond acceptors (Lipinski definition) is 5. The molecule has 1 aromatic carbocycles. The molecule has 5 nitrogen and oxygen atoms in total. The number of rotatable bonds is 7. The number of aryl methyl sites for hydroxylation is 1. The van der Waals surface area contributed by atoms with Gasteiger partial charge in [-0.1, -0.05) is 67.7 Å². The molecule has 0 aliphatic carbocycles. The second kappa shape index (κ2) is 9.39. The molecule has 0 radical (unpaired) electrons. The normalized spacial score (nSPS) is 13.8. The van der Waals surface area contributed by atoms with Gasteiger partial charge in [-0.2, -0.15) is 0 Å². The smallest absolute Gasteiger partial charge is 0.294 e. The maximum Gasteiger partial charge on any atom is 0.294 e. The molecule has 0 spiro atoms. The molecule has 0 atom stereocenters. The van der Waals surface area contributed by atoms with Gasteiger partial charge in [-0.3, -0.25) is 14.5 Å². The number of aromatic nitrogens is 1. The molecule has 28 heavy (non-hydrogen) atoms. The van der Waals surface area contributed by atoms with E-state index in [2.05, 4.69) is 6.92 Å². The van der Waals surface area contributed by atoms with Crippen molar-refractivity contribution >= 4 is 34.2 Å². The van der Waals surface area contributed by atoms with Crippen LogP contribution in [0.15, 0.2) is 41.2 Å². The quantitative estimate of drug-likeness (QED) is 0.507. The molecule has 1 saturated heterocycles. The number of thiocarbonyl (C=S) groups is 1. The van der Waals surface area contributed by atoms with E-state index in [1.165, 1.54) is 11.8 Å². The van der Waals surface area contributed by atoms with Gasteiger partial charge in [0.25, 0.3) is 11.5 Å². The highest BCUT2D eigenvalue weighted by Crippen LogP contribution is 2.24. The van der Waals surface area contributed by atoms with Gasteiger partial charge in [0, 0.05) is 18.0 Å². The summed E-state index contributed by atoms with van der Waals surface area (Å²) in [6.45, 7) is 5.29. The highest BCUT2D eigenvalue weighted by atomic mass is 32.2. The van der Waals surface area contributed by atoms with Gasteiger partial charge in [-0.25, -0.2) is 0 Å². The van der Waals surface area contributed by atoms with Crippen LogP contribution in [0.2, 0.25) is 0 Å². The van der Waals surface area contributed by atoms with Crippen molar-refractivity contribution in [3.05, 3.63) is 63.6 Å². The Bertz CT molecular complexity index is 925. The molecule has 3 rings (SSSR count). The lowest BCUT2D eigenvalue weighted by Gasteiger charge is -2.20. The minimum atomic E-state index is -0.277. The van der Waals surface area contributed by atoms with Crippen LogP contribution in [0.4, 0.5) is 0 Å². The van der Waals surface area contributed by atoms with Crippen LogP contribution in [-0.2, 0) is 6.54 Å². The van der Waals surface area contributed by atoms with Crippen LogP contribution >= 0.6 is 24.0 Å². The summed E-state index contributed by atoms with van der Waals surface area (Å²) in [5, 5.41) is 0. The van der Waals surface area contributed by atoms with Crippen molar-refractivity contribution in [1.29, 1.82) is 0 Å². The fraction of sp³-hybridized carbons (Fsp3) is 0.381. The largest absolute Gasteiger partial charge is 0.487 e. The number of nitrogens with zero attached hydrogens (tertiary/aromatic N) is 2. The number of hydrogen-bond donors (Lipinski definition) is 0. The molecule has 2 heterocycles.